The van der Waals surface area contributed by atoms with Crippen LogP contribution in [0.3, 0.4) is 0 Å². The van der Waals surface area contributed by atoms with Gasteiger partial charge in [0.25, 0.3) is 0 Å². The molecule has 1 aromatic rings. The average Bonchev–Trinajstić information content (AvgIpc) is 2.46. The fraction of sp³-hybridized carbons (Fsp3) is 0.533. The summed E-state index contributed by atoms with van der Waals surface area (Å²) in [6.45, 7) is 5.81. The maximum Gasteiger partial charge on any atom is 0.103 e. The Bertz CT molecular complexity index is 422. The monoisotopic (exact) mass is 277 g/mol. The fourth-order valence-electron chi connectivity index (χ4n) is 2.69. The Hall–Kier alpha value is -1.13. The predicted molar refractivity (Wildman–Crippen MR) is 85.9 cm³/mol. The summed E-state index contributed by atoms with van der Waals surface area (Å²) >= 11 is 4.98. The number of likely N-dealkylation sites (tertiary alicyclic amines) is 1. The van der Waals surface area contributed by atoms with Crippen LogP contribution in [0.1, 0.15) is 25.3 Å². The van der Waals surface area contributed by atoms with Crippen molar-refractivity contribution in [1.82, 2.24) is 4.90 Å². The Morgan fingerprint density at radius 1 is 1.32 bits per heavy atom. The summed E-state index contributed by atoms with van der Waals surface area (Å²) in [6.07, 6.45) is 2.47. The van der Waals surface area contributed by atoms with Crippen molar-refractivity contribution in [2.24, 2.45) is 5.73 Å². The van der Waals surface area contributed by atoms with E-state index in [0.29, 0.717) is 11.0 Å². The van der Waals surface area contributed by atoms with Crippen molar-refractivity contribution in [2.75, 3.05) is 31.6 Å². The van der Waals surface area contributed by atoms with E-state index >= 15 is 0 Å². The number of nitrogens with two attached hydrogens (primary N) is 1. The number of hydrogen-bond acceptors (Lipinski definition) is 3. The second-order valence-electron chi connectivity index (χ2n) is 5.19. The number of anilines is 1. The molecule has 0 spiro atoms. The molecule has 3 nitrogen and oxygen atoms in total. The van der Waals surface area contributed by atoms with E-state index in [4.69, 9.17) is 18.0 Å². The maximum absolute atomic E-state index is 5.63. The summed E-state index contributed by atoms with van der Waals surface area (Å²) in [7, 11) is 2.18. The molecule has 104 valence electrons. The highest BCUT2D eigenvalue weighted by molar-refractivity contribution is 7.80. The van der Waals surface area contributed by atoms with Crippen LogP contribution < -0.4 is 10.6 Å². The zero-order valence-corrected chi connectivity index (χ0v) is 12.6. The van der Waals surface area contributed by atoms with Gasteiger partial charge in [0.05, 0.1) is 0 Å². The molecule has 0 saturated carbocycles. The first-order valence-electron chi connectivity index (χ1n) is 6.97. The topological polar surface area (TPSA) is 32.5 Å². The molecule has 1 aromatic carbocycles. The smallest absolute Gasteiger partial charge is 0.103 e. The molecule has 0 atom stereocenters. The zero-order valence-electron chi connectivity index (χ0n) is 11.8. The molecule has 1 aliphatic rings. The van der Waals surface area contributed by atoms with E-state index in [2.05, 4.69) is 35.9 Å². The van der Waals surface area contributed by atoms with Crippen LogP contribution in [-0.4, -0.2) is 42.6 Å². The Morgan fingerprint density at radius 2 is 1.89 bits per heavy atom. The lowest BCUT2D eigenvalue weighted by molar-refractivity contribution is 0.221. The van der Waals surface area contributed by atoms with Crippen LogP contribution in [0, 0.1) is 0 Å². The highest BCUT2D eigenvalue weighted by Gasteiger charge is 2.21. The van der Waals surface area contributed by atoms with Crippen LogP contribution in [0.25, 0.3) is 0 Å². The molecule has 0 aliphatic carbocycles. The molecule has 0 bridgehead atoms. The molecule has 19 heavy (non-hydrogen) atoms. The average molecular weight is 277 g/mol. The van der Waals surface area contributed by atoms with Crippen LogP contribution in [0.2, 0.25) is 0 Å². The lowest BCUT2D eigenvalue weighted by Gasteiger charge is -2.37. The van der Waals surface area contributed by atoms with Crippen molar-refractivity contribution in [2.45, 2.75) is 25.8 Å². The van der Waals surface area contributed by atoms with E-state index in [0.717, 1.165) is 5.56 Å². The van der Waals surface area contributed by atoms with E-state index < -0.39 is 0 Å². The second kappa shape index (κ2) is 6.35. The molecule has 1 fully saturated rings. The number of piperidine rings is 1. The zero-order chi connectivity index (χ0) is 13.8. The molecule has 2 N–H and O–H groups in total. The highest BCUT2D eigenvalue weighted by atomic mass is 32.1. The van der Waals surface area contributed by atoms with Crippen LogP contribution in [0.4, 0.5) is 5.69 Å². The summed E-state index contributed by atoms with van der Waals surface area (Å²) in [4.78, 5) is 5.36. The third-order valence-corrected chi connectivity index (χ3v) is 4.35. The molecule has 1 heterocycles. The first-order valence-corrected chi connectivity index (χ1v) is 7.37. The van der Waals surface area contributed by atoms with Gasteiger partial charge in [-0.2, -0.15) is 0 Å². The Balaban J connectivity index is 1.99. The van der Waals surface area contributed by atoms with E-state index in [1.54, 1.807) is 0 Å². The molecule has 0 unspecified atom stereocenters. The predicted octanol–water partition coefficient (Wildman–Crippen LogP) is 2.24. The van der Waals surface area contributed by atoms with Crippen molar-refractivity contribution >= 4 is 22.9 Å². The molecule has 0 amide bonds. The van der Waals surface area contributed by atoms with Crippen molar-refractivity contribution in [3.63, 3.8) is 0 Å². The van der Waals surface area contributed by atoms with Crippen molar-refractivity contribution < 1.29 is 0 Å². The summed E-state index contributed by atoms with van der Waals surface area (Å²) in [6, 6.07) is 8.88. The minimum Gasteiger partial charge on any atom is -0.389 e. The number of thiocarbonyl (C=S) groups is 1. The van der Waals surface area contributed by atoms with E-state index in [1.807, 2.05) is 12.1 Å². The Kier molecular flexibility index (Phi) is 4.77. The lowest BCUT2D eigenvalue weighted by atomic mass is 10.0. The number of benzene rings is 1. The Labute approximate surface area is 121 Å². The van der Waals surface area contributed by atoms with Gasteiger partial charge in [-0.15, -0.1) is 0 Å². The van der Waals surface area contributed by atoms with Crippen LogP contribution in [0.5, 0.6) is 0 Å². The largest absolute Gasteiger partial charge is 0.389 e. The number of rotatable bonds is 4. The molecule has 4 heteroatoms. The van der Waals surface area contributed by atoms with E-state index in [-0.39, 0.29) is 0 Å². The third kappa shape index (κ3) is 3.45. The molecular formula is C15H23N3S. The summed E-state index contributed by atoms with van der Waals surface area (Å²) in [5, 5.41) is 0. The third-order valence-electron chi connectivity index (χ3n) is 4.11. The van der Waals surface area contributed by atoms with Gasteiger partial charge in [0, 0.05) is 37.4 Å². The first kappa shape index (κ1) is 14.3. The molecule has 0 radical (unpaired) electrons. The minimum absolute atomic E-state index is 0.463. The molecule has 1 aliphatic heterocycles. The van der Waals surface area contributed by atoms with Crippen LogP contribution in [-0.2, 0) is 0 Å². The standard InChI is InChI=1S/C15H23N3S/c1-3-18-10-8-14(9-11-18)17(2)13-6-4-12(5-7-13)15(16)19/h4-7,14H,3,8-11H2,1-2H3,(H2,16,19). The SMILES string of the molecule is CCN1CCC(N(C)c2ccc(C(N)=S)cc2)CC1. The van der Waals surface area contributed by atoms with Gasteiger partial charge < -0.3 is 15.5 Å². The van der Waals surface area contributed by atoms with Crippen LogP contribution >= 0.6 is 12.2 Å². The summed E-state index contributed by atoms with van der Waals surface area (Å²) in [5.41, 5.74) is 7.81. The van der Waals surface area contributed by atoms with E-state index in [1.165, 1.54) is 38.2 Å². The molecule has 1 saturated heterocycles. The first-order chi connectivity index (χ1) is 9.11. The van der Waals surface area contributed by atoms with Gasteiger partial charge >= 0.3 is 0 Å². The molecular weight excluding hydrogens is 254 g/mol. The van der Waals surface area contributed by atoms with Gasteiger partial charge in [0.2, 0.25) is 0 Å². The lowest BCUT2D eigenvalue weighted by Crippen LogP contribution is -2.43. The van der Waals surface area contributed by atoms with E-state index in [9.17, 15) is 0 Å². The van der Waals surface area contributed by atoms with Gasteiger partial charge in [-0.1, -0.05) is 19.1 Å². The van der Waals surface area contributed by atoms with Crippen molar-refractivity contribution in [3.05, 3.63) is 29.8 Å². The van der Waals surface area contributed by atoms with Crippen molar-refractivity contribution in [1.29, 1.82) is 0 Å². The quantitative estimate of drug-likeness (QED) is 0.856. The summed E-state index contributed by atoms with van der Waals surface area (Å²) in [5.74, 6) is 0. The van der Waals surface area contributed by atoms with Gasteiger partial charge in [-0.3, -0.25) is 0 Å². The normalized spacial score (nSPS) is 17.4. The molecule has 0 aromatic heterocycles. The summed E-state index contributed by atoms with van der Waals surface area (Å²) < 4.78 is 0. The molecule has 2 rings (SSSR count). The minimum atomic E-state index is 0.463. The van der Waals surface area contributed by atoms with Crippen molar-refractivity contribution in [3.8, 4) is 0 Å². The highest BCUT2D eigenvalue weighted by Crippen LogP contribution is 2.22. The Morgan fingerprint density at radius 3 is 2.37 bits per heavy atom. The fourth-order valence-corrected chi connectivity index (χ4v) is 2.83. The maximum atomic E-state index is 5.63. The van der Waals surface area contributed by atoms with Gasteiger partial charge in [0.1, 0.15) is 4.99 Å². The number of hydrogen-bond donors (Lipinski definition) is 1. The number of nitrogens with zero attached hydrogens (tertiary/aromatic N) is 2. The van der Waals surface area contributed by atoms with Crippen LogP contribution in [0.15, 0.2) is 24.3 Å². The van der Waals surface area contributed by atoms with Gasteiger partial charge in [-0.05, 0) is 43.7 Å². The van der Waals surface area contributed by atoms with Gasteiger partial charge in [0.15, 0.2) is 0 Å². The second-order valence-corrected chi connectivity index (χ2v) is 5.63. The van der Waals surface area contributed by atoms with Gasteiger partial charge in [-0.25, -0.2) is 0 Å².